The summed E-state index contributed by atoms with van der Waals surface area (Å²) in [5, 5.41) is 1.01. The fraction of sp³-hybridized carbons (Fsp3) is 0.520. The number of rotatable bonds is 6. The second kappa shape index (κ2) is 8.40. The van der Waals surface area contributed by atoms with Crippen molar-refractivity contribution in [3.05, 3.63) is 47.7 Å². The molecule has 2 aromatic heterocycles. The second-order valence-electron chi connectivity index (χ2n) is 9.20. The van der Waals surface area contributed by atoms with Crippen molar-refractivity contribution in [1.29, 1.82) is 0 Å². The van der Waals surface area contributed by atoms with Crippen LogP contribution in [0.15, 0.2) is 30.5 Å². The molecule has 164 valence electrons. The Balaban J connectivity index is 1.17. The molecule has 0 radical (unpaired) electrons. The second-order valence-corrected chi connectivity index (χ2v) is 9.20. The number of hydrogen-bond acceptors (Lipinski definition) is 3. The van der Waals surface area contributed by atoms with Crippen molar-refractivity contribution in [2.75, 3.05) is 20.2 Å². The van der Waals surface area contributed by atoms with Crippen molar-refractivity contribution in [3.8, 4) is 5.75 Å². The Morgan fingerprint density at radius 1 is 1.19 bits per heavy atom. The zero-order valence-corrected chi connectivity index (χ0v) is 18.6. The van der Waals surface area contributed by atoms with E-state index < -0.39 is 0 Å². The van der Waals surface area contributed by atoms with Gasteiger partial charge in [-0.25, -0.2) is 4.98 Å². The third kappa shape index (κ3) is 3.95. The number of carbonyl (C=O) groups is 1. The molecule has 3 aromatic rings. The van der Waals surface area contributed by atoms with E-state index in [1.54, 1.807) is 7.11 Å². The summed E-state index contributed by atoms with van der Waals surface area (Å²) in [6, 6.07) is 7.78. The molecule has 5 rings (SSSR count). The highest BCUT2D eigenvalue weighted by atomic mass is 16.5. The molecule has 6 heteroatoms. The highest BCUT2D eigenvalue weighted by molar-refractivity contribution is 5.98. The highest BCUT2D eigenvalue weighted by Gasteiger charge is 2.27. The number of amides is 1. The van der Waals surface area contributed by atoms with Gasteiger partial charge in [0.05, 0.1) is 7.11 Å². The lowest BCUT2D eigenvalue weighted by molar-refractivity contribution is 0.0679. The maximum Gasteiger partial charge on any atom is 0.270 e. The third-order valence-corrected chi connectivity index (χ3v) is 7.28. The molecule has 1 aliphatic heterocycles. The van der Waals surface area contributed by atoms with Crippen LogP contribution in [0.3, 0.4) is 0 Å². The Kier molecular flexibility index (Phi) is 5.47. The molecule has 2 fully saturated rings. The lowest BCUT2D eigenvalue weighted by atomic mass is 9.84. The number of aryl methyl sites for hydroxylation is 1. The molecule has 3 heterocycles. The summed E-state index contributed by atoms with van der Waals surface area (Å²) in [6.07, 6.45) is 9.27. The van der Waals surface area contributed by atoms with E-state index in [0.29, 0.717) is 17.5 Å². The SMILES string of the molecule is COc1ccc2[nH]c(C(=O)N3CCC(CCn4c(C)cnc4C4CCC4)CC3)cc2c1. The molecule has 0 bridgehead atoms. The van der Waals surface area contributed by atoms with E-state index in [-0.39, 0.29) is 5.91 Å². The zero-order valence-electron chi connectivity index (χ0n) is 18.6. The highest BCUT2D eigenvalue weighted by Crippen LogP contribution is 2.36. The van der Waals surface area contributed by atoms with E-state index in [2.05, 4.69) is 16.5 Å². The van der Waals surface area contributed by atoms with Crippen molar-refractivity contribution < 1.29 is 9.53 Å². The Labute approximate surface area is 183 Å². The lowest BCUT2D eigenvalue weighted by Gasteiger charge is -2.32. The van der Waals surface area contributed by atoms with Crippen LogP contribution in [0.4, 0.5) is 0 Å². The third-order valence-electron chi connectivity index (χ3n) is 7.28. The molecule has 1 aliphatic carbocycles. The van der Waals surface area contributed by atoms with Crippen LogP contribution >= 0.6 is 0 Å². The van der Waals surface area contributed by atoms with Crippen LogP contribution in [0.25, 0.3) is 10.9 Å². The Morgan fingerprint density at radius 3 is 2.71 bits per heavy atom. The van der Waals surface area contributed by atoms with Crippen LogP contribution in [0, 0.1) is 12.8 Å². The zero-order chi connectivity index (χ0) is 21.4. The van der Waals surface area contributed by atoms with E-state index in [4.69, 9.17) is 9.72 Å². The van der Waals surface area contributed by atoms with E-state index >= 15 is 0 Å². The van der Waals surface area contributed by atoms with E-state index in [0.717, 1.165) is 49.1 Å². The van der Waals surface area contributed by atoms with Gasteiger partial charge in [0.1, 0.15) is 17.3 Å². The summed E-state index contributed by atoms with van der Waals surface area (Å²) in [4.78, 5) is 23.0. The van der Waals surface area contributed by atoms with Crippen LogP contribution in [0.5, 0.6) is 5.75 Å². The average molecular weight is 421 g/mol. The van der Waals surface area contributed by atoms with E-state index in [1.807, 2.05) is 35.4 Å². The first kappa shape index (κ1) is 20.2. The molecule has 0 atom stereocenters. The molecule has 1 aromatic carbocycles. The first-order valence-corrected chi connectivity index (χ1v) is 11.6. The number of likely N-dealkylation sites (tertiary alicyclic amines) is 1. The summed E-state index contributed by atoms with van der Waals surface area (Å²) >= 11 is 0. The van der Waals surface area contributed by atoms with Crippen molar-refractivity contribution in [1.82, 2.24) is 19.4 Å². The molecule has 31 heavy (non-hydrogen) atoms. The molecule has 0 spiro atoms. The quantitative estimate of drug-likeness (QED) is 0.617. The van der Waals surface area contributed by atoms with Gasteiger partial charge in [-0.15, -0.1) is 0 Å². The van der Waals surface area contributed by atoms with Crippen molar-refractivity contribution in [2.45, 2.75) is 57.9 Å². The predicted octanol–water partition coefficient (Wildman–Crippen LogP) is 4.89. The minimum absolute atomic E-state index is 0.103. The number of aromatic amines is 1. The molecule has 1 amide bonds. The number of benzene rings is 1. The van der Waals surface area contributed by atoms with Gasteiger partial charge in [-0.1, -0.05) is 6.42 Å². The molecule has 6 nitrogen and oxygen atoms in total. The Morgan fingerprint density at radius 2 is 2.00 bits per heavy atom. The predicted molar refractivity (Wildman–Crippen MR) is 122 cm³/mol. The number of fused-ring (bicyclic) bond motifs is 1. The maximum atomic E-state index is 13.0. The number of hydrogen-bond donors (Lipinski definition) is 1. The minimum Gasteiger partial charge on any atom is -0.497 e. The smallest absolute Gasteiger partial charge is 0.270 e. The Hall–Kier alpha value is -2.76. The molecule has 1 saturated carbocycles. The standard InChI is InChI=1S/C25H32N4O2/c1-17-16-26-24(19-4-3-5-19)29(17)13-10-18-8-11-28(12-9-18)25(30)23-15-20-14-21(31-2)6-7-22(20)27-23/h6-7,14-16,18-19,27H,3-5,8-13H2,1-2H3. The number of methoxy groups -OCH3 is 1. The van der Waals surface area contributed by atoms with Crippen LogP contribution in [0.1, 0.15) is 66.4 Å². The van der Waals surface area contributed by atoms with E-state index in [9.17, 15) is 4.79 Å². The normalized spacial score (nSPS) is 17.8. The molecule has 2 aliphatic rings. The average Bonchev–Trinajstić information content (AvgIpc) is 3.34. The summed E-state index contributed by atoms with van der Waals surface area (Å²) < 4.78 is 7.74. The van der Waals surface area contributed by atoms with Crippen LogP contribution in [0.2, 0.25) is 0 Å². The summed E-state index contributed by atoms with van der Waals surface area (Å²) in [6.45, 7) is 4.90. The van der Waals surface area contributed by atoms with Crippen LogP contribution < -0.4 is 4.74 Å². The number of ether oxygens (including phenoxy) is 1. The van der Waals surface area contributed by atoms with Gasteiger partial charge in [0.2, 0.25) is 0 Å². The van der Waals surface area contributed by atoms with Crippen molar-refractivity contribution in [2.24, 2.45) is 5.92 Å². The summed E-state index contributed by atoms with van der Waals surface area (Å²) in [7, 11) is 1.66. The topological polar surface area (TPSA) is 63.2 Å². The fourth-order valence-electron chi connectivity index (χ4n) is 5.02. The first-order valence-electron chi connectivity index (χ1n) is 11.6. The molecule has 0 unspecified atom stereocenters. The molecular weight excluding hydrogens is 388 g/mol. The largest absolute Gasteiger partial charge is 0.497 e. The van der Waals surface area contributed by atoms with Gasteiger partial charge in [-0.05, 0) is 69.2 Å². The van der Waals surface area contributed by atoms with Gasteiger partial charge in [0.25, 0.3) is 5.91 Å². The number of H-pyrrole nitrogens is 1. The fourth-order valence-corrected chi connectivity index (χ4v) is 5.02. The van der Waals surface area contributed by atoms with Crippen LogP contribution in [-0.2, 0) is 6.54 Å². The monoisotopic (exact) mass is 420 g/mol. The van der Waals surface area contributed by atoms with E-state index in [1.165, 1.54) is 37.2 Å². The Bertz CT molecular complexity index is 1070. The number of carbonyl (C=O) groups excluding carboxylic acids is 1. The molecule has 1 saturated heterocycles. The maximum absolute atomic E-state index is 13.0. The minimum atomic E-state index is 0.103. The lowest BCUT2D eigenvalue weighted by Crippen LogP contribution is -2.38. The number of piperidine rings is 1. The van der Waals surface area contributed by atoms with Gasteiger partial charge in [-0.2, -0.15) is 0 Å². The van der Waals surface area contributed by atoms with Gasteiger partial charge in [0, 0.05) is 48.3 Å². The molecule has 1 N–H and O–H groups in total. The number of aromatic nitrogens is 3. The van der Waals surface area contributed by atoms with Crippen molar-refractivity contribution in [3.63, 3.8) is 0 Å². The first-order chi connectivity index (χ1) is 15.1. The number of imidazole rings is 1. The molecular formula is C25H32N4O2. The summed E-state index contributed by atoms with van der Waals surface area (Å²) in [5.41, 5.74) is 2.92. The summed E-state index contributed by atoms with van der Waals surface area (Å²) in [5.74, 6) is 3.55. The van der Waals surface area contributed by atoms with Gasteiger partial charge < -0.3 is 19.2 Å². The number of nitrogens with zero attached hydrogens (tertiary/aromatic N) is 3. The van der Waals surface area contributed by atoms with Gasteiger partial charge in [0.15, 0.2) is 0 Å². The van der Waals surface area contributed by atoms with Gasteiger partial charge in [-0.3, -0.25) is 4.79 Å². The van der Waals surface area contributed by atoms with Crippen LogP contribution in [-0.4, -0.2) is 45.5 Å². The van der Waals surface area contributed by atoms with Crippen molar-refractivity contribution >= 4 is 16.8 Å². The van der Waals surface area contributed by atoms with Gasteiger partial charge >= 0.3 is 0 Å². The number of nitrogens with one attached hydrogen (secondary N) is 1.